The zero-order valence-corrected chi connectivity index (χ0v) is 16.0. The number of ether oxygens (including phenoxy) is 2. The highest BCUT2D eigenvalue weighted by atomic mass is 32.1. The van der Waals surface area contributed by atoms with Crippen molar-refractivity contribution in [3.63, 3.8) is 0 Å². The van der Waals surface area contributed by atoms with Gasteiger partial charge in [-0.15, -0.1) is 11.3 Å². The van der Waals surface area contributed by atoms with Crippen molar-refractivity contribution in [2.24, 2.45) is 4.99 Å². The number of aromatic nitrogens is 1. The average Bonchev–Trinajstić information content (AvgIpc) is 3.13. The average molecular weight is 402 g/mol. The van der Waals surface area contributed by atoms with Gasteiger partial charge in [-0.2, -0.15) is 13.2 Å². The fourth-order valence-electron chi connectivity index (χ4n) is 2.27. The van der Waals surface area contributed by atoms with Gasteiger partial charge >= 0.3 is 6.18 Å². The molecule has 0 saturated heterocycles. The van der Waals surface area contributed by atoms with Crippen molar-refractivity contribution in [1.82, 2.24) is 15.6 Å². The quantitative estimate of drug-likeness (QED) is 0.549. The first-order valence-electron chi connectivity index (χ1n) is 8.12. The Hall–Kier alpha value is -2.49. The van der Waals surface area contributed by atoms with E-state index in [1.165, 1.54) is 0 Å². The van der Waals surface area contributed by atoms with Crippen molar-refractivity contribution >= 4 is 17.3 Å². The van der Waals surface area contributed by atoms with E-state index in [9.17, 15) is 13.2 Å². The lowest BCUT2D eigenvalue weighted by atomic mass is 10.2. The molecule has 0 fully saturated rings. The highest BCUT2D eigenvalue weighted by Crippen LogP contribution is 2.31. The molecule has 0 atom stereocenters. The first kappa shape index (κ1) is 20.8. The van der Waals surface area contributed by atoms with Crippen molar-refractivity contribution < 1.29 is 22.6 Å². The molecule has 0 spiro atoms. The minimum Gasteiger partial charge on any atom is -0.493 e. The first-order chi connectivity index (χ1) is 12.9. The van der Waals surface area contributed by atoms with Crippen LogP contribution in [0.25, 0.3) is 0 Å². The molecular weight excluding hydrogens is 381 g/mol. The highest BCUT2D eigenvalue weighted by Gasteiger charge is 2.33. The van der Waals surface area contributed by atoms with Crippen LogP contribution in [0.3, 0.4) is 0 Å². The van der Waals surface area contributed by atoms with E-state index >= 15 is 0 Å². The number of para-hydroxylation sites is 1. The Balaban J connectivity index is 2.08. The number of halogens is 3. The van der Waals surface area contributed by atoms with E-state index in [-0.39, 0.29) is 6.54 Å². The molecule has 0 saturated carbocycles. The van der Waals surface area contributed by atoms with Gasteiger partial charge in [0.1, 0.15) is 5.01 Å². The van der Waals surface area contributed by atoms with Crippen LogP contribution >= 0.6 is 11.3 Å². The third-order valence-corrected chi connectivity index (χ3v) is 4.33. The number of guanidine groups is 1. The molecule has 2 rings (SSSR count). The third-order valence-electron chi connectivity index (χ3n) is 3.49. The van der Waals surface area contributed by atoms with E-state index in [1.807, 2.05) is 19.1 Å². The van der Waals surface area contributed by atoms with Crippen LogP contribution in [0.4, 0.5) is 13.2 Å². The van der Waals surface area contributed by atoms with Gasteiger partial charge in [0.05, 0.1) is 27.3 Å². The number of methoxy groups -OCH3 is 2. The van der Waals surface area contributed by atoms with E-state index in [0.29, 0.717) is 35.6 Å². The van der Waals surface area contributed by atoms with Gasteiger partial charge in [-0.25, -0.2) is 9.98 Å². The normalized spacial score (nSPS) is 12.0. The zero-order chi connectivity index (χ0) is 19.9. The van der Waals surface area contributed by atoms with E-state index in [4.69, 9.17) is 9.47 Å². The van der Waals surface area contributed by atoms with E-state index in [1.54, 1.807) is 20.3 Å². The summed E-state index contributed by atoms with van der Waals surface area (Å²) < 4.78 is 48.5. The summed E-state index contributed by atoms with van der Waals surface area (Å²) in [6, 6.07) is 5.49. The molecule has 0 radical (unpaired) electrons. The Kier molecular flexibility index (Phi) is 7.28. The molecule has 0 aliphatic carbocycles. The molecule has 0 aliphatic heterocycles. The van der Waals surface area contributed by atoms with Crippen LogP contribution in [0.5, 0.6) is 11.5 Å². The third kappa shape index (κ3) is 5.75. The van der Waals surface area contributed by atoms with Gasteiger partial charge < -0.3 is 20.1 Å². The number of hydrogen-bond acceptors (Lipinski definition) is 5. The largest absolute Gasteiger partial charge is 0.493 e. The monoisotopic (exact) mass is 402 g/mol. The zero-order valence-electron chi connectivity index (χ0n) is 15.2. The number of benzene rings is 1. The van der Waals surface area contributed by atoms with Crippen LogP contribution in [0.15, 0.2) is 28.6 Å². The SMILES string of the molecule is CCNC(=NCc1cccc(OC)c1OC)NCc1nc(C(F)(F)F)cs1. The number of rotatable bonds is 7. The summed E-state index contributed by atoms with van der Waals surface area (Å²) in [7, 11) is 3.11. The van der Waals surface area contributed by atoms with Gasteiger partial charge in [0.2, 0.25) is 0 Å². The maximum absolute atomic E-state index is 12.6. The summed E-state index contributed by atoms with van der Waals surface area (Å²) in [5.74, 6) is 1.66. The Bertz CT molecular complexity index is 778. The molecule has 0 amide bonds. The van der Waals surface area contributed by atoms with E-state index in [0.717, 1.165) is 22.3 Å². The van der Waals surface area contributed by atoms with Crippen LogP contribution in [0.1, 0.15) is 23.2 Å². The summed E-state index contributed by atoms with van der Waals surface area (Å²) in [5, 5.41) is 7.36. The minimum atomic E-state index is -4.43. The van der Waals surface area contributed by atoms with E-state index < -0.39 is 11.9 Å². The number of nitrogens with one attached hydrogen (secondary N) is 2. The highest BCUT2D eigenvalue weighted by molar-refractivity contribution is 7.09. The summed E-state index contributed by atoms with van der Waals surface area (Å²) >= 11 is 0.949. The van der Waals surface area contributed by atoms with Crippen molar-refractivity contribution in [2.45, 2.75) is 26.2 Å². The summed E-state index contributed by atoms with van der Waals surface area (Å²) in [5.41, 5.74) is -0.0602. The molecule has 0 unspecified atom stereocenters. The van der Waals surface area contributed by atoms with Gasteiger partial charge in [0, 0.05) is 17.5 Å². The number of hydrogen-bond donors (Lipinski definition) is 2. The van der Waals surface area contributed by atoms with Crippen LogP contribution in [0.2, 0.25) is 0 Å². The molecule has 2 aromatic rings. The second-order valence-corrected chi connectivity index (χ2v) is 6.27. The Morgan fingerprint density at radius 2 is 2.00 bits per heavy atom. The van der Waals surface area contributed by atoms with E-state index in [2.05, 4.69) is 20.6 Å². The molecule has 27 heavy (non-hydrogen) atoms. The van der Waals surface area contributed by atoms with Crippen molar-refractivity contribution in [2.75, 3.05) is 20.8 Å². The van der Waals surface area contributed by atoms with Gasteiger partial charge in [-0.05, 0) is 13.0 Å². The molecule has 6 nitrogen and oxygen atoms in total. The predicted octanol–water partition coefficient (Wildman–Crippen LogP) is 3.43. The molecule has 10 heteroatoms. The van der Waals surface area contributed by atoms with Crippen molar-refractivity contribution in [3.8, 4) is 11.5 Å². The number of aliphatic imine (C=N–C) groups is 1. The van der Waals surface area contributed by atoms with Crippen molar-refractivity contribution in [1.29, 1.82) is 0 Å². The van der Waals surface area contributed by atoms with Gasteiger partial charge in [-0.3, -0.25) is 0 Å². The smallest absolute Gasteiger partial charge is 0.434 e. The molecule has 1 aromatic carbocycles. The summed E-state index contributed by atoms with van der Waals surface area (Å²) in [4.78, 5) is 8.05. The summed E-state index contributed by atoms with van der Waals surface area (Å²) in [6.07, 6.45) is -4.43. The lowest BCUT2D eigenvalue weighted by molar-refractivity contribution is -0.140. The molecule has 1 heterocycles. The van der Waals surface area contributed by atoms with Crippen LogP contribution in [-0.4, -0.2) is 31.7 Å². The topological polar surface area (TPSA) is 67.8 Å². The molecule has 148 valence electrons. The predicted molar refractivity (Wildman–Crippen MR) is 98.3 cm³/mol. The van der Waals surface area contributed by atoms with Crippen LogP contribution in [0, 0.1) is 0 Å². The lowest BCUT2D eigenvalue weighted by Gasteiger charge is -2.13. The van der Waals surface area contributed by atoms with Gasteiger partial charge in [0.25, 0.3) is 0 Å². The van der Waals surface area contributed by atoms with Gasteiger partial charge in [0.15, 0.2) is 23.2 Å². The minimum absolute atomic E-state index is 0.141. The fraction of sp³-hybridized carbons (Fsp3) is 0.412. The molecule has 1 aromatic heterocycles. The summed E-state index contributed by atoms with van der Waals surface area (Å²) in [6.45, 7) is 2.95. The Morgan fingerprint density at radius 1 is 1.22 bits per heavy atom. The standard InChI is InChI=1S/C17H21F3N4O2S/c1-4-21-16(23-9-14-24-13(10-27-14)17(18,19)20)22-8-11-6-5-7-12(25-2)15(11)26-3/h5-7,10H,4,8-9H2,1-3H3,(H2,21,22,23). The first-order valence-corrected chi connectivity index (χ1v) is 9.00. The second-order valence-electron chi connectivity index (χ2n) is 5.33. The molecular formula is C17H21F3N4O2S. The van der Waals surface area contributed by atoms with Gasteiger partial charge in [-0.1, -0.05) is 12.1 Å². The van der Waals surface area contributed by atoms with Crippen molar-refractivity contribution in [3.05, 3.63) is 39.8 Å². The fourth-order valence-corrected chi connectivity index (χ4v) is 3.01. The lowest BCUT2D eigenvalue weighted by Crippen LogP contribution is -2.36. The number of nitrogens with zero attached hydrogens (tertiary/aromatic N) is 2. The maximum Gasteiger partial charge on any atom is 0.434 e. The molecule has 0 aliphatic rings. The Morgan fingerprint density at radius 3 is 2.59 bits per heavy atom. The molecule has 2 N–H and O–H groups in total. The van der Waals surface area contributed by atoms with Crippen LogP contribution < -0.4 is 20.1 Å². The second kappa shape index (κ2) is 9.45. The number of alkyl halides is 3. The van der Waals surface area contributed by atoms with Crippen LogP contribution in [-0.2, 0) is 19.3 Å². The number of thiazole rings is 1. The maximum atomic E-state index is 12.6. The Labute approximate surface area is 159 Å². The molecule has 0 bridgehead atoms.